The van der Waals surface area contributed by atoms with Crippen LogP contribution in [-0.2, 0) is 43.4 Å². The Morgan fingerprint density at radius 2 is 1.00 bits per heavy atom. The molecule has 0 fully saturated rings. The van der Waals surface area contributed by atoms with Gasteiger partial charge in [-0.1, -0.05) is 12.8 Å². The van der Waals surface area contributed by atoms with Crippen LogP contribution in [0, 0.1) is 0 Å². The van der Waals surface area contributed by atoms with Crippen LogP contribution in [0.15, 0.2) is 48.5 Å². The first-order valence-electron chi connectivity index (χ1n) is 6.26. The first-order chi connectivity index (χ1) is 8.86. The SMILES string of the molecule is COCC[c-]1cccc1.COCC[c-]1cccc1.[Mo+2]. The van der Waals surface area contributed by atoms with E-state index in [0.717, 1.165) is 26.1 Å². The van der Waals surface area contributed by atoms with Gasteiger partial charge >= 0.3 is 21.1 Å². The normalized spacial score (nSPS) is 9.37. The maximum atomic E-state index is 4.92. The van der Waals surface area contributed by atoms with Crippen molar-refractivity contribution >= 4 is 0 Å². The van der Waals surface area contributed by atoms with Gasteiger partial charge < -0.3 is 9.47 Å². The second kappa shape index (κ2) is 12.3. The van der Waals surface area contributed by atoms with Crippen molar-refractivity contribution in [2.45, 2.75) is 12.8 Å². The van der Waals surface area contributed by atoms with Crippen molar-refractivity contribution in [3.63, 3.8) is 0 Å². The molecular weight excluding hydrogens is 320 g/mol. The van der Waals surface area contributed by atoms with E-state index in [9.17, 15) is 0 Å². The summed E-state index contributed by atoms with van der Waals surface area (Å²) in [6.45, 7) is 1.65. The quantitative estimate of drug-likeness (QED) is 0.593. The summed E-state index contributed by atoms with van der Waals surface area (Å²) >= 11 is 0. The van der Waals surface area contributed by atoms with E-state index in [4.69, 9.17) is 9.47 Å². The van der Waals surface area contributed by atoms with Crippen LogP contribution >= 0.6 is 0 Å². The van der Waals surface area contributed by atoms with Crippen LogP contribution in [0.25, 0.3) is 0 Å². The molecule has 2 nitrogen and oxygen atoms in total. The molecule has 0 bridgehead atoms. The summed E-state index contributed by atoms with van der Waals surface area (Å²) in [6.07, 6.45) is 2.06. The molecule has 2 aromatic rings. The van der Waals surface area contributed by atoms with Crippen LogP contribution in [0.5, 0.6) is 0 Å². The maximum Gasteiger partial charge on any atom is 2.00 e. The van der Waals surface area contributed by atoms with Gasteiger partial charge in [0.2, 0.25) is 0 Å². The standard InChI is InChI=1S/2C8H11O.Mo/c2*1-9-7-6-8-4-2-3-5-8;/h2*2-5H,6-7H2,1H3;/q2*-1;+2. The fourth-order valence-corrected chi connectivity index (χ4v) is 1.60. The molecular formula is C16H22MoO2. The minimum atomic E-state index is 0. The largest absolute Gasteiger partial charge is 2.00 e. The molecule has 0 N–H and O–H groups in total. The van der Waals surface area contributed by atoms with Gasteiger partial charge in [0.05, 0.1) is 0 Å². The Labute approximate surface area is 130 Å². The minimum absolute atomic E-state index is 0. The maximum absolute atomic E-state index is 4.92. The van der Waals surface area contributed by atoms with Crippen LogP contribution < -0.4 is 0 Å². The van der Waals surface area contributed by atoms with E-state index in [2.05, 4.69) is 24.3 Å². The molecule has 0 aliphatic heterocycles. The van der Waals surface area contributed by atoms with Gasteiger partial charge in [0, 0.05) is 27.4 Å². The van der Waals surface area contributed by atoms with Gasteiger partial charge in [0.1, 0.15) is 0 Å². The van der Waals surface area contributed by atoms with Crippen LogP contribution in [0.4, 0.5) is 0 Å². The van der Waals surface area contributed by atoms with Crippen LogP contribution in [-0.4, -0.2) is 27.4 Å². The fraction of sp³-hybridized carbons (Fsp3) is 0.375. The summed E-state index contributed by atoms with van der Waals surface area (Å²) in [7, 11) is 3.45. The van der Waals surface area contributed by atoms with Crippen LogP contribution in [0.1, 0.15) is 11.1 Å². The molecule has 0 aliphatic carbocycles. The summed E-state index contributed by atoms with van der Waals surface area (Å²) in [4.78, 5) is 0. The van der Waals surface area contributed by atoms with Crippen molar-refractivity contribution in [3.05, 3.63) is 59.7 Å². The molecule has 0 unspecified atom stereocenters. The van der Waals surface area contributed by atoms with E-state index in [0.29, 0.717) is 0 Å². The van der Waals surface area contributed by atoms with Crippen molar-refractivity contribution in [3.8, 4) is 0 Å². The van der Waals surface area contributed by atoms with E-state index in [1.807, 2.05) is 24.3 Å². The Balaban J connectivity index is 0.000000324. The first kappa shape index (κ1) is 18.3. The minimum Gasteiger partial charge on any atom is -0.385 e. The summed E-state index contributed by atoms with van der Waals surface area (Å²) in [5, 5.41) is 0. The van der Waals surface area contributed by atoms with Gasteiger partial charge in [0.25, 0.3) is 0 Å². The predicted molar refractivity (Wildman–Crippen MR) is 75.2 cm³/mol. The van der Waals surface area contributed by atoms with Crippen molar-refractivity contribution in [1.82, 2.24) is 0 Å². The summed E-state index contributed by atoms with van der Waals surface area (Å²) < 4.78 is 9.83. The van der Waals surface area contributed by atoms with E-state index in [1.54, 1.807) is 14.2 Å². The molecule has 0 aliphatic rings. The number of rotatable bonds is 6. The van der Waals surface area contributed by atoms with Crippen molar-refractivity contribution in [2.75, 3.05) is 27.4 Å². The van der Waals surface area contributed by atoms with Crippen molar-refractivity contribution < 1.29 is 30.5 Å². The number of ether oxygens (including phenoxy) is 2. The van der Waals surface area contributed by atoms with Gasteiger partial charge in [-0.2, -0.15) is 35.4 Å². The Morgan fingerprint density at radius 3 is 1.26 bits per heavy atom. The second-order valence-corrected chi connectivity index (χ2v) is 4.07. The molecule has 0 radical (unpaired) electrons. The predicted octanol–water partition coefficient (Wildman–Crippen LogP) is 3.19. The van der Waals surface area contributed by atoms with Gasteiger partial charge in [0.15, 0.2) is 0 Å². The molecule has 2 rings (SSSR count). The third-order valence-electron chi connectivity index (χ3n) is 2.65. The molecule has 104 valence electrons. The molecule has 0 aromatic heterocycles. The third kappa shape index (κ3) is 8.93. The topological polar surface area (TPSA) is 18.5 Å². The molecule has 0 saturated heterocycles. The Kier molecular flexibility index (Phi) is 11.9. The molecule has 0 saturated carbocycles. The van der Waals surface area contributed by atoms with Gasteiger partial charge in [-0.3, -0.25) is 0 Å². The summed E-state index contributed by atoms with van der Waals surface area (Å²) in [5.41, 5.74) is 2.72. The Morgan fingerprint density at radius 1 is 0.684 bits per heavy atom. The van der Waals surface area contributed by atoms with Gasteiger partial charge in [-0.15, -0.1) is 0 Å². The number of hydrogen-bond donors (Lipinski definition) is 0. The van der Waals surface area contributed by atoms with Crippen LogP contribution in [0.2, 0.25) is 0 Å². The van der Waals surface area contributed by atoms with Gasteiger partial charge in [-0.25, -0.2) is 24.3 Å². The van der Waals surface area contributed by atoms with Crippen molar-refractivity contribution in [1.29, 1.82) is 0 Å². The monoisotopic (exact) mass is 344 g/mol. The summed E-state index contributed by atoms with van der Waals surface area (Å²) in [6, 6.07) is 16.6. The zero-order valence-electron chi connectivity index (χ0n) is 11.7. The fourth-order valence-electron chi connectivity index (χ4n) is 1.60. The molecule has 2 aromatic carbocycles. The molecule has 0 spiro atoms. The van der Waals surface area contributed by atoms with Gasteiger partial charge in [-0.05, 0) is 0 Å². The second-order valence-electron chi connectivity index (χ2n) is 4.07. The third-order valence-corrected chi connectivity index (χ3v) is 2.65. The molecule has 0 amide bonds. The van der Waals surface area contributed by atoms with E-state index in [1.165, 1.54) is 11.1 Å². The van der Waals surface area contributed by atoms with Crippen LogP contribution in [0.3, 0.4) is 0 Å². The molecule has 19 heavy (non-hydrogen) atoms. The first-order valence-corrected chi connectivity index (χ1v) is 6.26. The number of methoxy groups -OCH3 is 2. The number of hydrogen-bond acceptors (Lipinski definition) is 2. The average molecular weight is 342 g/mol. The zero-order chi connectivity index (χ0) is 13.1. The van der Waals surface area contributed by atoms with Crippen molar-refractivity contribution in [2.24, 2.45) is 0 Å². The van der Waals surface area contributed by atoms with E-state index < -0.39 is 0 Å². The molecule has 0 heterocycles. The Bertz CT molecular complexity index is 327. The zero-order valence-corrected chi connectivity index (χ0v) is 13.7. The molecule has 0 atom stereocenters. The average Bonchev–Trinajstić information content (AvgIpc) is 3.07. The smallest absolute Gasteiger partial charge is 0.385 e. The van der Waals surface area contributed by atoms with E-state index >= 15 is 0 Å². The summed E-state index contributed by atoms with van der Waals surface area (Å²) in [5.74, 6) is 0. The van der Waals surface area contributed by atoms with E-state index in [-0.39, 0.29) is 21.1 Å². The Hall–Kier alpha value is -0.692. The molecule has 3 heteroatoms.